The van der Waals surface area contributed by atoms with Crippen molar-refractivity contribution in [3.8, 4) is 0 Å². The summed E-state index contributed by atoms with van der Waals surface area (Å²) in [5.74, 6) is -0.865. The van der Waals surface area contributed by atoms with Gasteiger partial charge in [0.25, 0.3) is 0 Å². The van der Waals surface area contributed by atoms with Gasteiger partial charge in [-0.1, -0.05) is 225 Å². The van der Waals surface area contributed by atoms with Crippen LogP contribution in [-0.2, 0) is 28.6 Å². The normalized spacial score (nSPS) is 12.1. The zero-order valence-corrected chi connectivity index (χ0v) is 40.9. The number of hydrogen-bond acceptors (Lipinski definition) is 6. The average Bonchev–Trinajstić information content (AvgIpc) is 3.26. The molecule has 0 saturated carbocycles. The van der Waals surface area contributed by atoms with Crippen molar-refractivity contribution in [3.63, 3.8) is 0 Å². The molecular formula is C55H102O6. The highest BCUT2D eigenvalue weighted by Crippen LogP contribution is 2.16. The fraction of sp³-hybridized carbons (Fsp3) is 0.873. The van der Waals surface area contributed by atoms with E-state index in [-0.39, 0.29) is 31.1 Å². The Morgan fingerprint density at radius 3 is 0.836 bits per heavy atom. The lowest BCUT2D eigenvalue weighted by molar-refractivity contribution is -0.167. The van der Waals surface area contributed by atoms with Crippen LogP contribution in [0.15, 0.2) is 24.3 Å². The van der Waals surface area contributed by atoms with Gasteiger partial charge in [0.05, 0.1) is 0 Å². The molecule has 0 heterocycles. The van der Waals surface area contributed by atoms with E-state index in [2.05, 4.69) is 45.1 Å². The molecule has 0 bridgehead atoms. The van der Waals surface area contributed by atoms with Crippen molar-refractivity contribution < 1.29 is 28.6 Å². The highest BCUT2D eigenvalue weighted by molar-refractivity contribution is 5.71. The van der Waals surface area contributed by atoms with E-state index in [1.165, 1.54) is 193 Å². The van der Waals surface area contributed by atoms with Crippen LogP contribution >= 0.6 is 0 Å². The number of esters is 3. The number of unbranched alkanes of at least 4 members (excludes halogenated alkanes) is 34. The highest BCUT2D eigenvalue weighted by atomic mass is 16.6. The van der Waals surface area contributed by atoms with Gasteiger partial charge in [-0.15, -0.1) is 0 Å². The zero-order chi connectivity index (χ0) is 44.4. The number of rotatable bonds is 49. The Bertz CT molecular complexity index is 933. The van der Waals surface area contributed by atoms with Crippen molar-refractivity contribution >= 4 is 17.9 Å². The molecule has 0 aliphatic rings. The van der Waals surface area contributed by atoms with Gasteiger partial charge in [-0.2, -0.15) is 0 Å². The van der Waals surface area contributed by atoms with Gasteiger partial charge in [0, 0.05) is 19.3 Å². The molecule has 0 spiro atoms. The first-order chi connectivity index (χ1) is 30.0. The van der Waals surface area contributed by atoms with Crippen LogP contribution in [0.3, 0.4) is 0 Å². The summed E-state index contributed by atoms with van der Waals surface area (Å²) >= 11 is 0. The first-order valence-corrected chi connectivity index (χ1v) is 26.8. The molecule has 0 unspecified atom stereocenters. The Hall–Kier alpha value is -2.11. The molecule has 61 heavy (non-hydrogen) atoms. The van der Waals surface area contributed by atoms with Crippen molar-refractivity contribution in [2.45, 2.75) is 297 Å². The fourth-order valence-corrected chi connectivity index (χ4v) is 7.84. The first-order valence-electron chi connectivity index (χ1n) is 26.8. The average molecular weight is 859 g/mol. The first kappa shape index (κ1) is 58.9. The van der Waals surface area contributed by atoms with Gasteiger partial charge in [0.15, 0.2) is 6.10 Å². The third-order valence-electron chi connectivity index (χ3n) is 11.9. The smallest absolute Gasteiger partial charge is 0.306 e. The third-order valence-corrected chi connectivity index (χ3v) is 11.9. The van der Waals surface area contributed by atoms with E-state index in [4.69, 9.17) is 14.2 Å². The summed E-state index contributed by atoms with van der Waals surface area (Å²) in [5.41, 5.74) is 0. The topological polar surface area (TPSA) is 78.9 Å². The second-order valence-electron chi connectivity index (χ2n) is 18.1. The minimum absolute atomic E-state index is 0.0710. The van der Waals surface area contributed by atoms with Gasteiger partial charge < -0.3 is 14.2 Å². The van der Waals surface area contributed by atoms with Crippen LogP contribution in [0.5, 0.6) is 0 Å². The van der Waals surface area contributed by atoms with Crippen LogP contribution in [0.2, 0.25) is 0 Å². The fourth-order valence-electron chi connectivity index (χ4n) is 7.84. The van der Waals surface area contributed by atoms with Gasteiger partial charge in [-0.3, -0.25) is 14.4 Å². The van der Waals surface area contributed by atoms with E-state index in [0.717, 1.165) is 57.8 Å². The predicted octanol–water partition coefficient (Wildman–Crippen LogP) is 17.5. The maximum absolute atomic E-state index is 12.8. The van der Waals surface area contributed by atoms with E-state index in [1.807, 2.05) is 0 Å². The molecule has 0 radical (unpaired) electrons. The molecule has 358 valence electrons. The van der Waals surface area contributed by atoms with Crippen molar-refractivity contribution in [3.05, 3.63) is 24.3 Å². The highest BCUT2D eigenvalue weighted by Gasteiger charge is 2.19. The third kappa shape index (κ3) is 48.8. The quantitative estimate of drug-likeness (QED) is 0.0262. The summed E-state index contributed by atoms with van der Waals surface area (Å²) in [7, 11) is 0. The Labute approximate surface area is 379 Å². The molecule has 0 saturated heterocycles. The van der Waals surface area contributed by atoms with E-state index in [0.29, 0.717) is 19.3 Å². The van der Waals surface area contributed by atoms with Gasteiger partial charge in [-0.25, -0.2) is 0 Å². The van der Waals surface area contributed by atoms with Crippen molar-refractivity contribution in [1.82, 2.24) is 0 Å². The van der Waals surface area contributed by atoms with Crippen molar-refractivity contribution in [2.24, 2.45) is 0 Å². The van der Waals surface area contributed by atoms with Crippen molar-refractivity contribution in [2.75, 3.05) is 13.2 Å². The molecule has 6 nitrogen and oxygen atoms in total. The molecule has 0 amide bonds. The predicted molar refractivity (Wildman–Crippen MR) is 261 cm³/mol. The Morgan fingerprint density at radius 1 is 0.311 bits per heavy atom. The van der Waals surface area contributed by atoms with Gasteiger partial charge in [-0.05, 0) is 70.6 Å². The van der Waals surface area contributed by atoms with Crippen LogP contribution in [0.25, 0.3) is 0 Å². The van der Waals surface area contributed by atoms with Crippen molar-refractivity contribution in [1.29, 1.82) is 0 Å². The molecule has 0 aromatic heterocycles. The van der Waals surface area contributed by atoms with Gasteiger partial charge >= 0.3 is 17.9 Å². The monoisotopic (exact) mass is 859 g/mol. The van der Waals surface area contributed by atoms with Crippen LogP contribution in [-0.4, -0.2) is 37.2 Å². The lowest BCUT2D eigenvalue weighted by atomic mass is 10.0. The minimum atomic E-state index is -0.769. The van der Waals surface area contributed by atoms with Gasteiger partial charge in [0.1, 0.15) is 13.2 Å². The molecule has 0 aromatic rings. The second-order valence-corrected chi connectivity index (χ2v) is 18.1. The number of carbonyl (C=O) groups is 3. The van der Waals surface area contributed by atoms with Crippen LogP contribution in [0, 0.1) is 0 Å². The molecule has 0 rings (SSSR count). The largest absolute Gasteiger partial charge is 0.462 e. The number of hydrogen-bond donors (Lipinski definition) is 0. The summed E-state index contributed by atoms with van der Waals surface area (Å²) in [5, 5.41) is 0. The summed E-state index contributed by atoms with van der Waals surface area (Å²) in [4.78, 5) is 38.0. The minimum Gasteiger partial charge on any atom is -0.462 e. The maximum atomic E-state index is 12.8. The number of ether oxygens (including phenoxy) is 3. The molecule has 0 aromatic carbocycles. The number of allylic oxidation sites excluding steroid dienone is 4. The van der Waals surface area contributed by atoms with E-state index < -0.39 is 6.10 Å². The molecule has 0 aliphatic carbocycles. The Morgan fingerprint density at radius 2 is 0.541 bits per heavy atom. The van der Waals surface area contributed by atoms with E-state index >= 15 is 0 Å². The summed E-state index contributed by atoms with van der Waals surface area (Å²) < 4.78 is 16.8. The maximum Gasteiger partial charge on any atom is 0.306 e. The molecule has 0 atom stereocenters. The molecule has 6 heteroatoms. The molecule has 0 N–H and O–H groups in total. The standard InChI is InChI=1S/C55H102O6/c1-4-7-10-13-16-19-22-25-27-30-32-35-38-41-44-47-53(56)59-50-52(61-55(58)49-46-43-40-37-34-29-24-21-18-15-12-9-6-3)51-60-54(57)48-45-42-39-36-33-31-28-26-23-20-17-14-11-8-5-2/h19-20,22-23,52H,4-18,21,24-51H2,1-3H3. The Balaban J connectivity index is 4.34. The lowest BCUT2D eigenvalue weighted by Crippen LogP contribution is -2.30. The number of carbonyl (C=O) groups excluding carboxylic acids is 3. The Kier molecular flexibility index (Phi) is 48.8. The molecule has 0 aliphatic heterocycles. The summed E-state index contributed by atoms with van der Waals surface area (Å²) in [6.07, 6.45) is 57.2. The van der Waals surface area contributed by atoms with Gasteiger partial charge in [0.2, 0.25) is 0 Å². The molecule has 0 fully saturated rings. The molecular weight excluding hydrogens is 757 g/mol. The second kappa shape index (κ2) is 50.5. The van der Waals surface area contributed by atoms with Crippen LogP contribution < -0.4 is 0 Å². The van der Waals surface area contributed by atoms with Crippen LogP contribution in [0.4, 0.5) is 0 Å². The zero-order valence-electron chi connectivity index (χ0n) is 40.9. The summed E-state index contributed by atoms with van der Waals surface area (Å²) in [6.45, 7) is 6.64. The van der Waals surface area contributed by atoms with E-state index in [1.54, 1.807) is 0 Å². The van der Waals surface area contributed by atoms with E-state index in [9.17, 15) is 14.4 Å². The van der Waals surface area contributed by atoms with Crippen LogP contribution in [0.1, 0.15) is 290 Å². The lowest BCUT2D eigenvalue weighted by Gasteiger charge is -2.18. The summed E-state index contributed by atoms with van der Waals surface area (Å²) in [6, 6.07) is 0. The SMILES string of the molecule is CCCCCCC=CCCCCCCCCCC(=O)OCC(COC(=O)CCCCCCCCCC=CCCCCCC)OC(=O)CCCCCCCCCCCCCCC.